The van der Waals surface area contributed by atoms with Crippen molar-refractivity contribution in [3.8, 4) is 0 Å². The number of hydrogen-bond donors (Lipinski definition) is 0. The Hall–Kier alpha value is -1.11. The first kappa shape index (κ1) is 7.31. The zero-order chi connectivity index (χ0) is 8.84. The summed E-state index contributed by atoms with van der Waals surface area (Å²) in [6, 6.07) is 8.11. The molecule has 2 aliphatic carbocycles. The predicted octanol–water partition coefficient (Wildman–Crippen LogP) is 2.77. The van der Waals surface area contributed by atoms with Gasteiger partial charge >= 0.3 is 0 Å². The smallest absolute Gasteiger partial charge is 0.163 e. The number of ketones is 1. The van der Waals surface area contributed by atoms with Gasteiger partial charge in [-0.25, -0.2) is 0 Å². The van der Waals surface area contributed by atoms with Crippen LogP contribution in [0.15, 0.2) is 24.3 Å². The second-order valence-electron chi connectivity index (χ2n) is 4.16. The predicted molar refractivity (Wildman–Crippen MR) is 50.9 cm³/mol. The summed E-state index contributed by atoms with van der Waals surface area (Å²) in [5.74, 6) is 1.73. The largest absolute Gasteiger partial charge is 0.294 e. The molecular formula is C12H12O. The molecule has 3 rings (SSSR count). The minimum atomic E-state index is 0.354. The number of carbonyl (C=O) groups excluding carboxylic acids is 1. The molecule has 2 aliphatic rings. The molecule has 0 N–H and O–H groups in total. The molecule has 0 heterocycles. The van der Waals surface area contributed by atoms with Gasteiger partial charge in [-0.3, -0.25) is 4.79 Å². The Labute approximate surface area is 77.8 Å². The van der Waals surface area contributed by atoms with Crippen LogP contribution in [0.2, 0.25) is 0 Å². The Morgan fingerprint density at radius 1 is 1.15 bits per heavy atom. The van der Waals surface area contributed by atoms with E-state index in [1.54, 1.807) is 0 Å². The number of Topliss-reactive ketones (excluding diaryl/α,β-unsaturated/α-hetero) is 1. The van der Waals surface area contributed by atoms with Crippen molar-refractivity contribution < 1.29 is 4.79 Å². The standard InChI is InChI=1S/C12H12O/c13-12-7-11(8-5-6-8)9-3-1-2-4-10(9)12/h1-4,8,11H,5-7H2/t11-/m1/s1. The third kappa shape index (κ3) is 1.03. The molecule has 0 amide bonds. The maximum absolute atomic E-state index is 11.6. The van der Waals surface area contributed by atoms with E-state index in [0.29, 0.717) is 11.7 Å². The molecule has 1 nitrogen and oxygen atoms in total. The highest BCUT2D eigenvalue weighted by atomic mass is 16.1. The Morgan fingerprint density at radius 3 is 2.69 bits per heavy atom. The van der Waals surface area contributed by atoms with Gasteiger partial charge in [-0.2, -0.15) is 0 Å². The van der Waals surface area contributed by atoms with Crippen molar-refractivity contribution in [1.29, 1.82) is 0 Å². The lowest BCUT2D eigenvalue weighted by molar-refractivity contribution is 0.0987. The van der Waals surface area contributed by atoms with Crippen LogP contribution in [0.4, 0.5) is 0 Å². The van der Waals surface area contributed by atoms with E-state index in [0.717, 1.165) is 17.9 Å². The molecule has 0 spiro atoms. The quantitative estimate of drug-likeness (QED) is 0.636. The number of rotatable bonds is 1. The number of fused-ring (bicyclic) bond motifs is 1. The average Bonchev–Trinajstić information content (AvgIpc) is 2.94. The molecule has 1 atom stereocenters. The lowest BCUT2D eigenvalue weighted by Crippen LogP contribution is -1.95. The number of carbonyl (C=O) groups is 1. The SMILES string of the molecule is O=C1C[C@H](C2CC2)c2ccccc21. The minimum absolute atomic E-state index is 0.354. The second kappa shape index (κ2) is 2.44. The molecule has 1 saturated carbocycles. The van der Waals surface area contributed by atoms with Gasteiger partial charge in [0.15, 0.2) is 5.78 Å². The molecule has 66 valence electrons. The van der Waals surface area contributed by atoms with E-state index in [1.807, 2.05) is 18.2 Å². The van der Waals surface area contributed by atoms with Crippen LogP contribution in [-0.4, -0.2) is 5.78 Å². The average molecular weight is 172 g/mol. The van der Waals surface area contributed by atoms with Gasteiger partial charge in [0.2, 0.25) is 0 Å². The van der Waals surface area contributed by atoms with Crippen LogP contribution in [-0.2, 0) is 0 Å². The first-order chi connectivity index (χ1) is 6.36. The van der Waals surface area contributed by atoms with E-state index >= 15 is 0 Å². The van der Waals surface area contributed by atoms with Gasteiger partial charge in [0.25, 0.3) is 0 Å². The highest BCUT2D eigenvalue weighted by molar-refractivity contribution is 6.01. The van der Waals surface area contributed by atoms with Gasteiger partial charge in [-0.05, 0) is 30.2 Å². The van der Waals surface area contributed by atoms with E-state index in [1.165, 1.54) is 18.4 Å². The summed E-state index contributed by atoms with van der Waals surface area (Å²) < 4.78 is 0. The van der Waals surface area contributed by atoms with Gasteiger partial charge in [0, 0.05) is 12.0 Å². The van der Waals surface area contributed by atoms with Crippen LogP contribution in [0.25, 0.3) is 0 Å². The summed E-state index contributed by atoms with van der Waals surface area (Å²) in [7, 11) is 0. The Kier molecular flexibility index (Phi) is 1.37. The fraction of sp³-hybridized carbons (Fsp3) is 0.417. The zero-order valence-electron chi connectivity index (χ0n) is 7.49. The highest BCUT2D eigenvalue weighted by Gasteiger charge is 2.39. The fourth-order valence-electron chi connectivity index (χ4n) is 2.41. The Morgan fingerprint density at radius 2 is 1.92 bits per heavy atom. The molecule has 0 radical (unpaired) electrons. The third-order valence-corrected chi connectivity index (χ3v) is 3.26. The molecule has 1 aromatic carbocycles. The fourth-order valence-corrected chi connectivity index (χ4v) is 2.41. The lowest BCUT2D eigenvalue weighted by Gasteiger charge is -2.07. The number of benzene rings is 1. The number of hydrogen-bond acceptors (Lipinski definition) is 1. The summed E-state index contributed by atoms with van der Waals surface area (Å²) in [6.07, 6.45) is 3.42. The topological polar surface area (TPSA) is 17.1 Å². The third-order valence-electron chi connectivity index (χ3n) is 3.26. The molecule has 0 aromatic heterocycles. The summed E-state index contributed by atoms with van der Waals surface area (Å²) in [5.41, 5.74) is 2.30. The van der Waals surface area contributed by atoms with Crippen molar-refractivity contribution in [1.82, 2.24) is 0 Å². The van der Waals surface area contributed by atoms with E-state index in [2.05, 4.69) is 6.07 Å². The van der Waals surface area contributed by atoms with Gasteiger partial charge in [0.05, 0.1) is 0 Å². The van der Waals surface area contributed by atoms with Crippen molar-refractivity contribution >= 4 is 5.78 Å². The molecule has 13 heavy (non-hydrogen) atoms. The van der Waals surface area contributed by atoms with E-state index in [9.17, 15) is 4.79 Å². The Balaban J connectivity index is 2.08. The maximum Gasteiger partial charge on any atom is 0.163 e. The van der Waals surface area contributed by atoms with Gasteiger partial charge in [-0.15, -0.1) is 0 Å². The monoisotopic (exact) mass is 172 g/mol. The maximum atomic E-state index is 11.6. The van der Waals surface area contributed by atoms with Gasteiger partial charge in [-0.1, -0.05) is 24.3 Å². The van der Waals surface area contributed by atoms with Crippen LogP contribution in [0.5, 0.6) is 0 Å². The van der Waals surface area contributed by atoms with E-state index in [-0.39, 0.29) is 0 Å². The van der Waals surface area contributed by atoms with Gasteiger partial charge < -0.3 is 0 Å². The molecule has 0 bridgehead atoms. The van der Waals surface area contributed by atoms with Crippen LogP contribution >= 0.6 is 0 Å². The normalized spacial score (nSPS) is 26.2. The summed E-state index contributed by atoms with van der Waals surface area (Å²) >= 11 is 0. The first-order valence-corrected chi connectivity index (χ1v) is 4.98. The Bertz CT molecular complexity index is 363. The molecule has 0 aliphatic heterocycles. The van der Waals surface area contributed by atoms with Gasteiger partial charge in [0.1, 0.15) is 0 Å². The molecule has 0 saturated heterocycles. The summed E-state index contributed by atoms with van der Waals surface area (Å²) in [5, 5.41) is 0. The van der Waals surface area contributed by atoms with Crippen molar-refractivity contribution in [3.63, 3.8) is 0 Å². The van der Waals surface area contributed by atoms with Crippen molar-refractivity contribution in [3.05, 3.63) is 35.4 Å². The molecule has 1 heteroatoms. The van der Waals surface area contributed by atoms with E-state index in [4.69, 9.17) is 0 Å². The molecule has 1 aromatic rings. The summed E-state index contributed by atoms with van der Waals surface area (Å²) in [6.45, 7) is 0. The molecular weight excluding hydrogens is 160 g/mol. The van der Waals surface area contributed by atoms with Crippen molar-refractivity contribution in [2.45, 2.75) is 25.2 Å². The van der Waals surface area contributed by atoms with Crippen molar-refractivity contribution in [2.24, 2.45) is 5.92 Å². The second-order valence-corrected chi connectivity index (χ2v) is 4.16. The minimum Gasteiger partial charge on any atom is -0.294 e. The first-order valence-electron chi connectivity index (χ1n) is 4.98. The van der Waals surface area contributed by atoms with Crippen LogP contribution in [0.1, 0.15) is 41.1 Å². The van der Waals surface area contributed by atoms with Crippen LogP contribution in [0.3, 0.4) is 0 Å². The zero-order valence-corrected chi connectivity index (χ0v) is 7.49. The van der Waals surface area contributed by atoms with E-state index < -0.39 is 0 Å². The van der Waals surface area contributed by atoms with Crippen molar-refractivity contribution in [2.75, 3.05) is 0 Å². The molecule has 0 unspecified atom stereocenters. The van der Waals surface area contributed by atoms with Crippen LogP contribution in [0, 0.1) is 5.92 Å². The van der Waals surface area contributed by atoms with Crippen LogP contribution < -0.4 is 0 Å². The lowest BCUT2D eigenvalue weighted by atomic mass is 9.97. The molecule has 1 fully saturated rings. The summed E-state index contributed by atoms with van der Waals surface area (Å²) in [4.78, 5) is 11.6. The highest BCUT2D eigenvalue weighted by Crippen LogP contribution is 2.48.